The van der Waals surface area contributed by atoms with Crippen LogP contribution in [0.4, 0.5) is 5.69 Å². The number of alkyl halides is 1. The first-order chi connectivity index (χ1) is 7.42. The SMILES string of the molecule is NP(O)(=S)Nc1ccc(O)cc1CCCCl. The minimum Gasteiger partial charge on any atom is -0.508 e. The van der Waals surface area contributed by atoms with E-state index in [1.165, 1.54) is 6.07 Å². The molecule has 0 saturated heterocycles. The van der Waals surface area contributed by atoms with Gasteiger partial charge in [-0.05, 0) is 48.4 Å². The van der Waals surface area contributed by atoms with Crippen LogP contribution in [0.3, 0.4) is 0 Å². The number of hydrogen-bond donors (Lipinski definition) is 4. The van der Waals surface area contributed by atoms with E-state index in [1.807, 2.05) is 0 Å². The van der Waals surface area contributed by atoms with Crippen molar-refractivity contribution in [2.24, 2.45) is 5.50 Å². The van der Waals surface area contributed by atoms with Gasteiger partial charge in [0, 0.05) is 11.6 Å². The van der Waals surface area contributed by atoms with Gasteiger partial charge in [-0.2, -0.15) is 0 Å². The van der Waals surface area contributed by atoms with Crippen molar-refractivity contribution in [2.45, 2.75) is 12.8 Å². The fourth-order valence-electron chi connectivity index (χ4n) is 1.33. The van der Waals surface area contributed by atoms with Gasteiger partial charge in [0.2, 0.25) is 6.57 Å². The maximum Gasteiger partial charge on any atom is 0.218 e. The highest BCUT2D eigenvalue weighted by molar-refractivity contribution is 8.11. The smallest absolute Gasteiger partial charge is 0.218 e. The zero-order valence-corrected chi connectivity index (χ0v) is 11.0. The van der Waals surface area contributed by atoms with E-state index in [1.54, 1.807) is 12.1 Å². The molecule has 7 heteroatoms. The first-order valence-corrected chi connectivity index (χ1v) is 8.06. The van der Waals surface area contributed by atoms with Gasteiger partial charge in [-0.25, -0.2) is 0 Å². The van der Waals surface area contributed by atoms with Crippen molar-refractivity contribution >= 4 is 35.7 Å². The average Bonchev–Trinajstić information content (AvgIpc) is 2.16. The molecular weight excluding hydrogens is 267 g/mol. The van der Waals surface area contributed by atoms with Gasteiger partial charge in [0.15, 0.2) is 0 Å². The molecule has 0 heterocycles. The third-order valence-corrected chi connectivity index (χ3v) is 3.05. The summed E-state index contributed by atoms with van der Waals surface area (Å²) in [6.07, 6.45) is 1.47. The highest BCUT2D eigenvalue weighted by atomic mass is 35.5. The molecule has 1 aromatic carbocycles. The highest BCUT2D eigenvalue weighted by Gasteiger charge is 2.09. The Morgan fingerprint density at radius 2 is 2.19 bits per heavy atom. The molecule has 0 radical (unpaired) electrons. The maximum absolute atomic E-state index is 9.39. The van der Waals surface area contributed by atoms with Crippen molar-refractivity contribution < 1.29 is 10.00 Å². The van der Waals surface area contributed by atoms with Crippen molar-refractivity contribution in [1.29, 1.82) is 0 Å². The summed E-state index contributed by atoms with van der Waals surface area (Å²) in [5.74, 6) is 0.698. The van der Waals surface area contributed by atoms with Gasteiger partial charge >= 0.3 is 0 Å². The summed E-state index contributed by atoms with van der Waals surface area (Å²) in [5, 5.41) is 12.1. The lowest BCUT2D eigenvalue weighted by atomic mass is 10.1. The summed E-state index contributed by atoms with van der Waals surface area (Å²) in [5.41, 5.74) is 6.88. The van der Waals surface area contributed by atoms with Gasteiger partial charge in [-0.15, -0.1) is 11.6 Å². The predicted molar refractivity (Wildman–Crippen MR) is 71.5 cm³/mol. The minimum absolute atomic E-state index is 0.165. The molecule has 0 bridgehead atoms. The lowest BCUT2D eigenvalue weighted by molar-refractivity contribution is 0.474. The van der Waals surface area contributed by atoms with Crippen molar-refractivity contribution in [3.63, 3.8) is 0 Å². The Bertz CT molecular complexity index is 410. The third kappa shape index (κ3) is 4.68. The summed E-state index contributed by atoms with van der Waals surface area (Å²) >= 11 is 10.3. The van der Waals surface area contributed by atoms with Gasteiger partial charge < -0.3 is 15.1 Å². The van der Waals surface area contributed by atoms with E-state index >= 15 is 0 Å². The first kappa shape index (κ1) is 13.7. The quantitative estimate of drug-likeness (QED) is 0.378. The summed E-state index contributed by atoms with van der Waals surface area (Å²) < 4.78 is 0. The number of nitrogens with two attached hydrogens (primary N) is 1. The number of nitrogens with one attached hydrogen (secondary N) is 1. The van der Waals surface area contributed by atoms with Gasteiger partial charge in [-0.1, -0.05) is 0 Å². The molecule has 1 unspecified atom stereocenters. The van der Waals surface area contributed by atoms with Crippen LogP contribution in [0.5, 0.6) is 5.75 Å². The van der Waals surface area contributed by atoms with Crippen LogP contribution in [0.25, 0.3) is 0 Å². The average molecular weight is 281 g/mol. The molecule has 16 heavy (non-hydrogen) atoms. The van der Waals surface area contributed by atoms with Gasteiger partial charge in [0.25, 0.3) is 0 Å². The number of phenols is 1. The number of aryl methyl sites for hydroxylation is 1. The summed E-state index contributed by atoms with van der Waals surface area (Å²) in [4.78, 5) is 9.39. The molecule has 4 nitrogen and oxygen atoms in total. The number of anilines is 1. The molecule has 1 aromatic rings. The molecule has 0 spiro atoms. The fraction of sp³-hybridized carbons (Fsp3) is 0.333. The van der Waals surface area contributed by atoms with Crippen molar-refractivity contribution in [3.05, 3.63) is 23.8 Å². The van der Waals surface area contributed by atoms with E-state index in [0.717, 1.165) is 12.0 Å². The number of aromatic hydroxyl groups is 1. The van der Waals surface area contributed by atoms with E-state index in [9.17, 15) is 10.00 Å². The Morgan fingerprint density at radius 3 is 2.75 bits per heavy atom. The largest absolute Gasteiger partial charge is 0.508 e. The Morgan fingerprint density at radius 1 is 1.50 bits per heavy atom. The second-order valence-corrected chi connectivity index (χ2v) is 6.89. The lowest BCUT2D eigenvalue weighted by Gasteiger charge is -2.16. The Labute approximate surface area is 105 Å². The summed E-state index contributed by atoms with van der Waals surface area (Å²) in [6.45, 7) is -2.99. The molecule has 0 aliphatic heterocycles. The van der Waals surface area contributed by atoms with Crippen LogP contribution in [0.1, 0.15) is 12.0 Å². The maximum atomic E-state index is 9.39. The molecule has 0 aromatic heterocycles. The Hall–Kier alpha value is -0.320. The molecule has 0 aliphatic rings. The first-order valence-electron chi connectivity index (χ1n) is 4.70. The molecule has 0 amide bonds. The number of halogens is 1. The second-order valence-electron chi connectivity index (χ2n) is 3.37. The van der Waals surface area contributed by atoms with Gasteiger partial charge in [-0.3, -0.25) is 5.50 Å². The van der Waals surface area contributed by atoms with Gasteiger partial charge in [0.05, 0.1) is 0 Å². The summed E-state index contributed by atoms with van der Waals surface area (Å²) in [7, 11) is 0. The zero-order chi connectivity index (χ0) is 12.2. The van der Waals surface area contributed by atoms with Crippen molar-refractivity contribution in [1.82, 2.24) is 0 Å². The van der Waals surface area contributed by atoms with Crippen LogP contribution in [-0.2, 0) is 18.2 Å². The van der Waals surface area contributed by atoms with E-state index < -0.39 is 6.57 Å². The number of benzene rings is 1. The molecular formula is C9H14ClN2O2PS. The van der Waals surface area contributed by atoms with Crippen LogP contribution >= 0.6 is 18.2 Å². The highest BCUT2D eigenvalue weighted by Crippen LogP contribution is 2.35. The van der Waals surface area contributed by atoms with Crippen molar-refractivity contribution in [2.75, 3.05) is 11.0 Å². The van der Waals surface area contributed by atoms with Crippen molar-refractivity contribution in [3.8, 4) is 5.75 Å². The van der Waals surface area contributed by atoms with Crippen LogP contribution in [-0.4, -0.2) is 15.9 Å². The molecule has 0 aliphatic carbocycles. The molecule has 1 atom stereocenters. The number of hydrogen-bond acceptors (Lipinski definition) is 2. The standard InChI is InChI=1S/C9H14ClN2O2PS/c10-5-1-2-7-6-8(13)3-4-9(7)12-15(11,14)16/h3-4,6,13H,1-2,5H2,(H4,11,12,14,16). The molecule has 1 rings (SSSR count). The lowest BCUT2D eigenvalue weighted by Crippen LogP contribution is -2.06. The number of phenolic OH excluding ortho intramolecular Hbond substituents is 1. The van der Waals surface area contributed by atoms with E-state index in [-0.39, 0.29) is 5.75 Å². The molecule has 90 valence electrons. The molecule has 5 N–H and O–H groups in total. The van der Waals surface area contributed by atoms with E-state index in [4.69, 9.17) is 28.9 Å². The Balaban J connectivity index is 2.93. The molecule has 0 saturated carbocycles. The third-order valence-electron chi connectivity index (χ3n) is 1.95. The van der Waals surface area contributed by atoms with E-state index in [2.05, 4.69) is 5.09 Å². The summed E-state index contributed by atoms with van der Waals surface area (Å²) in [6, 6.07) is 4.76. The van der Waals surface area contributed by atoms with E-state index in [0.29, 0.717) is 18.0 Å². The predicted octanol–water partition coefficient (Wildman–Crippen LogP) is 2.15. The van der Waals surface area contributed by atoms with Gasteiger partial charge in [0.1, 0.15) is 5.75 Å². The fourth-order valence-corrected chi connectivity index (χ4v) is 2.32. The van der Waals surface area contributed by atoms with Crippen LogP contribution in [0.15, 0.2) is 18.2 Å². The monoisotopic (exact) mass is 280 g/mol. The second kappa shape index (κ2) is 5.84. The molecule has 0 fully saturated rings. The normalized spacial score (nSPS) is 14.4. The van der Waals surface area contributed by atoms with Crippen LogP contribution in [0.2, 0.25) is 0 Å². The number of rotatable bonds is 5. The minimum atomic E-state index is -2.99. The topological polar surface area (TPSA) is 78.5 Å². The van der Waals surface area contributed by atoms with Crippen LogP contribution < -0.4 is 10.6 Å². The zero-order valence-electron chi connectivity index (χ0n) is 8.56. The Kier molecular flexibility index (Phi) is 5.02. The van der Waals surface area contributed by atoms with Crippen LogP contribution in [0, 0.1) is 0 Å².